The SMILES string of the molecule is C(=C\[C@H]1CCCNC1)/c1ccc(OCC2CC2)nc1. The van der Waals surface area contributed by atoms with Gasteiger partial charge in [-0.05, 0) is 55.7 Å². The Morgan fingerprint density at radius 3 is 2.95 bits per heavy atom. The Morgan fingerprint density at radius 2 is 2.26 bits per heavy atom. The predicted molar refractivity (Wildman–Crippen MR) is 77.1 cm³/mol. The Balaban J connectivity index is 1.50. The van der Waals surface area contributed by atoms with Crippen molar-refractivity contribution < 1.29 is 4.74 Å². The maximum atomic E-state index is 5.63. The Kier molecular flexibility index (Phi) is 4.13. The van der Waals surface area contributed by atoms with Crippen molar-refractivity contribution >= 4 is 6.08 Å². The van der Waals surface area contributed by atoms with Crippen molar-refractivity contribution in [1.29, 1.82) is 0 Å². The van der Waals surface area contributed by atoms with Crippen LogP contribution in [0, 0.1) is 11.8 Å². The molecule has 1 saturated carbocycles. The number of pyridine rings is 1. The van der Waals surface area contributed by atoms with E-state index in [2.05, 4.69) is 28.5 Å². The number of hydrogen-bond donors (Lipinski definition) is 1. The molecule has 0 aromatic carbocycles. The minimum absolute atomic E-state index is 0.666. The molecule has 0 spiro atoms. The van der Waals surface area contributed by atoms with Gasteiger partial charge >= 0.3 is 0 Å². The van der Waals surface area contributed by atoms with Gasteiger partial charge in [0.05, 0.1) is 6.61 Å². The van der Waals surface area contributed by atoms with Crippen LogP contribution in [0.5, 0.6) is 5.88 Å². The molecule has 0 bridgehead atoms. The van der Waals surface area contributed by atoms with Gasteiger partial charge in [-0.2, -0.15) is 0 Å². The molecular weight excluding hydrogens is 236 g/mol. The topological polar surface area (TPSA) is 34.1 Å². The molecule has 3 rings (SSSR count). The molecule has 2 fully saturated rings. The molecule has 1 aliphatic heterocycles. The smallest absolute Gasteiger partial charge is 0.213 e. The van der Waals surface area contributed by atoms with E-state index in [0.29, 0.717) is 5.92 Å². The van der Waals surface area contributed by atoms with Crippen LogP contribution in [0.3, 0.4) is 0 Å². The summed E-state index contributed by atoms with van der Waals surface area (Å²) in [5.41, 5.74) is 1.16. The fraction of sp³-hybridized carbons (Fsp3) is 0.562. The van der Waals surface area contributed by atoms with Crippen molar-refractivity contribution in [2.45, 2.75) is 25.7 Å². The minimum Gasteiger partial charge on any atom is -0.477 e. The van der Waals surface area contributed by atoms with E-state index in [0.717, 1.165) is 30.5 Å². The van der Waals surface area contributed by atoms with Crippen LogP contribution in [0.1, 0.15) is 31.2 Å². The molecule has 1 aromatic heterocycles. The summed E-state index contributed by atoms with van der Waals surface area (Å²) in [5.74, 6) is 2.20. The first kappa shape index (κ1) is 12.7. The van der Waals surface area contributed by atoms with Crippen molar-refractivity contribution in [1.82, 2.24) is 10.3 Å². The van der Waals surface area contributed by atoms with Gasteiger partial charge in [0, 0.05) is 18.8 Å². The lowest BCUT2D eigenvalue weighted by Crippen LogP contribution is -2.28. The van der Waals surface area contributed by atoms with E-state index >= 15 is 0 Å². The van der Waals surface area contributed by atoms with E-state index in [1.807, 2.05) is 12.3 Å². The summed E-state index contributed by atoms with van der Waals surface area (Å²) >= 11 is 0. The standard InChI is InChI=1S/C16H22N2O/c1-2-13(10-17-9-1)3-4-14-7-8-16(18-11-14)19-12-15-5-6-15/h3-4,7-8,11,13,15,17H,1-2,5-6,9-10,12H2/b4-3+/t13-/m1/s1. The van der Waals surface area contributed by atoms with Gasteiger partial charge < -0.3 is 10.1 Å². The van der Waals surface area contributed by atoms with E-state index in [-0.39, 0.29) is 0 Å². The van der Waals surface area contributed by atoms with Gasteiger partial charge in [0.2, 0.25) is 5.88 Å². The molecule has 0 unspecified atom stereocenters. The monoisotopic (exact) mass is 258 g/mol. The molecule has 1 atom stereocenters. The van der Waals surface area contributed by atoms with Crippen LogP contribution >= 0.6 is 0 Å². The average molecular weight is 258 g/mol. The van der Waals surface area contributed by atoms with Gasteiger partial charge in [-0.1, -0.05) is 12.2 Å². The quantitative estimate of drug-likeness (QED) is 0.882. The fourth-order valence-corrected chi connectivity index (χ4v) is 2.35. The molecule has 102 valence electrons. The molecule has 2 aliphatic rings. The zero-order valence-corrected chi connectivity index (χ0v) is 11.3. The summed E-state index contributed by atoms with van der Waals surface area (Å²) in [4.78, 5) is 4.35. The summed E-state index contributed by atoms with van der Waals surface area (Å²) in [6.45, 7) is 3.10. The number of rotatable bonds is 5. The van der Waals surface area contributed by atoms with Gasteiger partial charge in [0.25, 0.3) is 0 Å². The summed E-state index contributed by atoms with van der Waals surface area (Å²) in [5, 5.41) is 3.43. The van der Waals surface area contributed by atoms with Crippen LogP contribution in [0.25, 0.3) is 6.08 Å². The average Bonchev–Trinajstić information content (AvgIpc) is 3.29. The largest absolute Gasteiger partial charge is 0.477 e. The van der Waals surface area contributed by atoms with Crippen LogP contribution in [0.4, 0.5) is 0 Å². The molecule has 1 aromatic rings. The van der Waals surface area contributed by atoms with Crippen LogP contribution in [0.2, 0.25) is 0 Å². The molecule has 1 N–H and O–H groups in total. The molecule has 3 nitrogen and oxygen atoms in total. The highest BCUT2D eigenvalue weighted by molar-refractivity contribution is 5.48. The highest BCUT2D eigenvalue weighted by Crippen LogP contribution is 2.29. The number of aromatic nitrogens is 1. The maximum Gasteiger partial charge on any atom is 0.213 e. The molecular formula is C16H22N2O. The molecule has 1 aliphatic carbocycles. The second-order valence-corrected chi connectivity index (χ2v) is 5.65. The fourth-order valence-electron chi connectivity index (χ4n) is 2.35. The lowest BCUT2D eigenvalue weighted by atomic mass is 9.98. The van der Waals surface area contributed by atoms with Gasteiger partial charge in [0.1, 0.15) is 0 Å². The first-order valence-electron chi connectivity index (χ1n) is 7.38. The van der Waals surface area contributed by atoms with Crippen molar-refractivity contribution in [3.8, 4) is 5.88 Å². The zero-order chi connectivity index (χ0) is 12.9. The lowest BCUT2D eigenvalue weighted by molar-refractivity contribution is 0.288. The minimum atomic E-state index is 0.666. The summed E-state index contributed by atoms with van der Waals surface area (Å²) < 4.78 is 5.63. The summed E-state index contributed by atoms with van der Waals surface area (Å²) in [6.07, 6.45) is 11.6. The molecule has 2 heterocycles. The summed E-state index contributed by atoms with van der Waals surface area (Å²) in [6, 6.07) is 4.06. The van der Waals surface area contributed by atoms with Crippen LogP contribution < -0.4 is 10.1 Å². The first-order valence-corrected chi connectivity index (χ1v) is 7.38. The molecule has 19 heavy (non-hydrogen) atoms. The van der Waals surface area contributed by atoms with Gasteiger partial charge in [0.15, 0.2) is 0 Å². The number of nitrogens with zero attached hydrogens (tertiary/aromatic N) is 1. The Morgan fingerprint density at radius 1 is 1.32 bits per heavy atom. The Hall–Kier alpha value is -1.35. The van der Waals surface area contributed by atoms with E-state index in [1.54, 1.807) is 0 Å². The number of nitrogens with one attached hydrogen (secondary N) is 1. The van der Waals surface area contributed by atoms with Gasteiger partial charge in [-0.3, -0.25) is 0 Å². The van der Waals surface area contributed by atoms with Crippen molar-refractivity contribution in [2.75, 3.05) is 19.7 Å². The third kappa shape index (κ3) is 4.06. The number of ether oxygens (including phenoxy) is 1. The maximum absolute atomic E-state index is 5.63. The summed E-state index contributed by atoms with van der Waals surface area (Å²) in [7, 11) is 0. The van der Waals surface area contributed by atoms with Crippen LogP contribution in [0.15, 0.2) is 24.4 Å². The molecule has 3 heteroatoms. The Bertz CT molecular complexity index is 417. The second kappa shape index (κ2) is 6.20. The van der Waals surface area contributed by atoms with Gasteiger partial charge in [-0.25, -0.2) is 4.98 Å². The number of piperidine rings is 1. The van der Waals surface area contributed by atoms with E-state index in [9.17, 15) is 0 Å². The second-order valence-electron chi connectivity index (χ2n) is 5.65. The zero-order valence-electron chi connectivity index (χ0n) is 11.3. The number of hydrogen-bond acceptors (Lipinski definition) is 3. The highest BCUT2D eigenvalue weighted by Gasteiger charge is 2.21. The molecule has 0 amide bonds. The third-order valence-corrected chi connectivity index (χ3v) is 3.82. The van der Waals surface area contributed by atoms with Gasteiger partial charge in [-0.15, -0.1) is 0 Å². The normalized spacial score (nSPS) is 23.7. The van der Waals surface area contributed by atoms with Crippen molar-refractivity contribution in [3.63, 3.8) is 0 Å². The lowest BCUT2D eigenvalue weighted by Gasteiger charge is -2.19. The van der Waals surface area contributed by atoms with Crippen LogP contribution in [-0.4, -0.2) is 24.7 Å². The Labute approximate surface area is 115 Å². The van der Waals surface area contributed by atoms with E-state index in [4.69, 9.17) is 4.74 Å². The van der Waals surface area contributed by atoms with Crippen molar-refractivity contribution in [2.24, 2.45) is 11.8 Å². The van der Waals surface area contributed by atoms with E-state index < -0.39 is 0 Å². The molecule has 1 saturated heterocycles. The predicted octanol–water partition coefficient (Wildman–Crippen LogP) is 2.88. The highest BCUT2D eigenvalue weighted by atomic mass is 16.5. The van der Waals surface area contributed by atoms with Crippen LogP contribution in [-0.2, 0) is 0 Å². The van der Waals surface area contributed by atoms with Crippen molar-refractivity contribution in [3.05, 3.63) is 30.0 Å². The molecule has 0 radical (unpaired) electrons. The van der Waals surface area contributed by atoms with E-state index in [1.165, 1.54) is 32.2 Å². The third-order valence-electron chi connectivity index (χ3n) is 3.82. The first-order chi connectivity index (χ1) is 9.40.